The third-order valence-corrected chi connectivity index (χ3v) is 4.70. The average Bonchev–Trinajstić information content (AvgIpc) is 3.01. The second kappa shape index (κ2) is 7.78. The first-order valence-electron chi connectivity index (χ1n) is 8.54. The largest absolute Gasteiger partial charge is 0.443 e. The van der Waals surface area contributed by atoms with Gasteiger partial charge in [0.1, 0.15) is 16.6 Å². The number of rotatable bonds is 3. The van der Waals surface area contributed by atoms with Gasteiger partial charge in [-0.05, 0) is 45.4 Å². The standard InChI is InChI=1S/C19H19Cl3N4O2/c1-11(13-6-5-12(20)9-14(13)21)25(18(27)28-19(2,3)4)17-10-15(22)24-16-7-8-23-26(16)17/h5-11H,1-4H3/t11-/m1/s1. The summed E-state index contributed by atoms with van der Waals surface area (Å²) in [4.78, 5) is 18.8. The van der Waals surface area contributed by atoms with Crippen LogP contribution in [0, 0.1) is 0 Å². The van der Waals surface area contributed by atoms with Crippen LogP contribution in [0.1, 0.15) is 39.3 Å². The number of carbonyl (C=O) groups is 1. The van der Waals surface area contributed by atoms with E-state index in [0.29, 0.717) is 27.1 Å². The highest BCUT2D eigenvalue weighted by Gasteiger charge is 2.31. The number of halogens is 3. The molecule has 1 aromatic carbocycles. The van der Waals surface area contributed by atoms with Crippen molar-refractivity contribution < 1.29 is 9.53 Å². The van der Waals surface area contributed by atoms with Crippen molar-refractivity contribution in [1.82, 2.24) is 14.6 Å². The van der Waals surface area contributed by atoms with Gasteiger partial charge in [0, 0.05) is 22.2 Å². The first kappa shape index (κ1) is 20.7. The molecule has 1 atom stereocenters. The maximum absolute atomic E-state index is 13.2. The third-order valence-electron chi connectivity index (χ3n) is 3.95. The predicted octanol–water partition coefficient (Wildman–Crippen LogP) is 6.19. The van der Waals surface area contributed by atoms with Crippen LogP contribution in [0.15, 0.2) is 36.5 Å². The van der Waals surface area contributed by atoms with Gasteiger partial charge in [0.2, 0.25) is 0 Å². The Kier molecular flexibility index (Phi) is 5.75. The van der Waals surface area contributed by atoms with Crippen molar-refractivity contribution in [2.45, 2.75) is 39.3 Å². The Hall–Kier alpha value is -2.02. The fraction of sp³-hybridized carbons (Fsp3) is 0.316. The number of ether oxygens (including phenoxy) is 1. The molecule has 0 aliphatic rings. The molecule has 6 nitrogen and oxygen atoms in total. The summed E-state index contributed by atoms with van der Waals surface area (Å²) in [5.41, 5.74) is 0.509. The molecule has 28 heavy (non-hydrogen) atoms. The van der Waals surface area contributed by atoms with E-state index in [9.17, 15) is 4.79 Å². The van der Waals surface area contributed by atoms with Gasteiger partial charge in [0.15, 0.2) is 5.65 Å². The van der Waals surface area contributed by atoms with Gasteiger partial charge in [-0.3, -0.25) is 4.90 Å². The van der Waals surface area contributed by atoms with Crippen LogP contribution in [0.4, 0.5) is 10.6 Å². The molecule has 0 radical (unpaired) electrons. The lowest BCUT2D eigenvalue weighted by Gasteiger charge is -2.32. The number of anilines is 1. The van der Waals surface area contributed by atoms with E-state index in [-0.39, 0.29) is 5.15 Å². The molecule has 9 heteroatoms. The van der Waals surface area contributed by atoms with Crippen molar-refractivity contribution in [2.24, 2.45) is 0 Å². The molecule has 0 bridgehead atoms. The molecule has 0 fully saturated rings. The predicted molar refractivity (Wildman–Crippen MR) is 112 cm³/mol. The van der Waals surface area contributed by atoms with Crippen LogP contribution < -0.4 is 4.90 Å². The van der Waals surface area contributed by atoms with Gasteiger partial charge in [-0.25, -0.2) is 9.78 Å². The lowest BCUT2D eigenvalue weighted by atomic mass is 10.1. The fourth-order valence-corrected chi connectivity index (χ4v) is 3.53. The topological polar surface area (TPSA) is 59.7 Å². The van der Waals surface area contributed by atoms with E-state index in [4.69, 9.17) is 39.5 Å². The van der Waals surface area contributed by atoms with Crippen molar-refractivity contribution in [3.05, 3.63) is 57.3 Å². The number of carbonyl (C=O) groups excluding carboxylic acids is 1. The molecule has 148 valence electrons. The van der Waals surface area contributed by atoms with Gasteiger partial charge >= 0.3 is 6.09 Å². The fourth-order valence-electron chi connectivity index (χ4n) is 2.78. The normalized spacial score (nSPS) is 12.8. The second-order valence-electron chi connectivity index (χ2n) is 7.23. The van der Waals surface area contributed by atoms with Crippen LogP contribution in [0.3, 0.4) is 0 Å². The zero-order valence-corrected chi connectivity index (χ0v) is 18.0. The molecular weight excluding hydrogens is 423 g/mol. The lowest BCUT2D eigenvalue weighted by molar-refractivity contribution is 0.0565. The number of nitrogens with zero attached hydrogens (tertiary/aromatic N) is 4. The molecular formula is C19H19Cl3N4O2. The Morgan fingerprint density at radius 1 is 1.18 bits per heavy atom. The minimum Gasteiger partial charge on any atom is -0.443 e. The minimum atomic E-state index is -0.696. The minimum absolute atomic E-state index is 0.228. The monoisotopic (exact) mass is 440 g/mol. The molecule has 2 heterocycles. The Bertz CT molecular complexity index is 1030. The summed E-state index contributed by atoms with van der Waals surface area (Å²) in [5, 5.41) is 5.43. The van der Waals surface area contributed by atoms with E-state index in [1.165, 1.54) is 9.42 Å². The maximum Gasteiger partial charge on any atom is 0.416 e. The highest BCUT2D eigenvalue weighted by atomic mass is 35.5. The molecule has 0 spiro atoms. The van der Waals surface area contributed by atoms with Gasteiger partial charge in [-0.2, -0.15) is 9.61 Å². The summed E-state index contributed by atoms with van der Waals surface area (Å²) in [6.07, 6.45) is 1.01. The van der Waals surface area contributed by atoms with Crippen LogP contribution in [0.25, 0.3) is 5.65 Å². The molecule has 3 aromatic rings. The number of amides is 1. The summed E-state index contributed by atoms with van der Waals surface area (Å²) in [6, 6.07) is 7.89. The number of fused-ring (bicyclic) bond motifs is 1. The lowest BCUT2D eigenvalue weighted by Crippen LogP contribution is -2.39. The number of hydrogen-bond donors (Lipinski definition) is 0. The molecule has 2 aromatic heterocycles. The molecule has 0 aliphatic heterocycles. The van der Waals surface area contributed by atoms with E-state index < -0.39 is 17.7 Å². The van der Waals surface area contributed by atoms with E-state index in [2.05, 4.69) is 10.1 Å². The quantitative estimate of drug-likeness (QED) is 0.454. The molecule has 0 aliphatic carbocycles. The van der Waals surface area contributed by atoms with Crippen LogP contribution in [0.2, 0.25) is 15.2 Å². The first-order valence-corrected chi connectivity index (χ1v) is 9.67. The van der Waals surface area contributed by atoms with Crippen LogP contribution in [0.5, 0.6) is 0 Å². The Labute approximate surface area is 178 Å². The summed E-state index contributed by atoms with van der Waals surface area (Å²) in [7, 11) is 0. The smallest absolute Gasteiger partial charge is 0.416 e. The SMILES string of the molecule is C[C@H](c1ccc(Cl)cc1Cl)N(C(=O)OC(C)(C)C)c1cc(Cl)nc2ccnn12. The summed E-state index contributed by atoms with van der Waals surface area (Å²) in [5.74, 6) is 0.410. The van der Waals surface area contributed by atoms with Crippen molar-refractivity contribution in [3.8, 4) is 0 Å². The second-order valence-corrected chi connectivity index (χ2v) is 8.46. The van der Waals surface area contributed by atoms with E-state index in [0.717, 1.165) is 0 Å². The molecule has 1 amide bonds. The average molecular weight is 442 g/mol. The number of hydrogen-bond acceptors (Lipinski definition) is 4. The number of benzene rings is 1. The zero-order valence-electron chi connectivity index (χ0n) is 15.8. The molecule has 0 N–H and O–H groups in total. The van der Waals surface area contributed by atoms with Crippen molar-refractivity contribution in [3.63, 3.8) is 0 Å². The van der Waals surface area contributed by atoms with E-state index in [1.807, 2.05) is 6.92 Å². The Morgan fingerprint density at radius 3 is 2.54 bits per heavy atom. The highest BCUT2D eigenvalue weighted by molar-refractivity contribution is 6.35. The Balaban J connectivity index is 2.17. The van der Waals surface area contributed by atoms with Crippen molar-refractivity contribution >= 4 is 52.4 Å². The van der Waals surface area contributed by atoms with Gasteiger partial charge in [-0.1, -0.05) is 40.9 Å². The van der Waals surface area contributed by atoms with Crippen LogP contribution in [-0.4, -0.2) is 26.3 Å². The van der Waals surface area contributed by atoms with Gasteiger partial charge in [0.05, 0.1) is 12.2 Å². The van der Waals surface area contributed by atoms with Gasteiger partial charge in [-0.15, -0.1) is 0 Å². The molecule has 0 saturated heterocycles. The summed E-state index contributed by atoms with van der Waals surface area (Å²) >= 11 is 18.6. The molecule has 0 saturated carbocycles. The maximum atomic E-state index is 13.2. The summed E-state index contributed by atoms with van der Waals surface area (Å²) < 4.78 is 7.16. The van der Waals surface area contributed by atoms with E-state index >= 15 is 0 Å². The summed E-state index contributed by atoms with van der Waals surface area (Å²) in [6.45, 7) is 7.23. The Morgan fingerprint density at radius 2 is 1.89 bits per heavy atom. The van der Waals surface area contributed by atoms with Crippen molar-refractivity contribution in [1.29, 1.82) is 0 Å². The van der Waals surface area contributed by atoms with Crippen molar-refractivity contribution in [2.75, 3.05) is 4.90 Å². The van der Waals surface area contributed by atoms with Gasteiger partial charge in [0.25, 0.3) is 0 Å². The highest BCUT2D eigenvalue weighted by Crippen LogP contribution is 2.34. The van der Waals surface area contributed by atoms with E-state index in [1.54, 1.807) is 57.3 Å². The molecule has 3 rings (SSSR count). The third kappa shape index (κ3) is 4.35. The van der Waals surface area contributed by atoms with Crippen LogP contribution >= 0.6 is 34.8 Å². The molecule has 0 unspecified atom stereocenters. The number of aromatic nitrogens is 3. The van der Waals surface area contributed by atoms with Crippen LogP contribution in [-0.2, 0) is 4.74 Å². The van der Waals surface area contributed by atoms with Gasteiger partial charge < -0.3 is 4.74 Å². The zero-order chi connectivity index (χ0) is 20.6. The first-order chi connectivity index (χ1) is 13.1.